The van der Waals surface area contributed by atoms with Gasteiger partial charge in [0.25, 0.3) is 0 Å². The summed E-state index contributed by atoms with van der Waals surface area (Å²) in [5.41, 5.74) is 2.42. The molecule has 0 bridgehead atoms. The Morgan fingerprint density at radius 2 is 1.85 bits per heavy atom. The highest BCUT2D eigenvalue weighted by molar-refractivity contribution is 6.39. The molecule has 40 heavy (non-hydrogen) atoms. The molecule has 0 spiro atoms. The normalized spacial score (nSPS) is 17.2. The molecule has 1 aromatic carbocycles. The summed E-state index contributed by atoms with van der Waals surface area (Å²) < 4.78 is 17.3. The van der Waals surface area contributed by atoms with Crippen LogP contribution in [0.25, 0.3) is 11.6 Å². The second-order valence-electron chi connectivity index (χ2n) is 10.3. The van der Waals surface area contributed by atoms with Gasteiger partial charge in [0.05, 0.1) is 37.0 Å². The molecule has 5 rings (SSSR count). The van der Waals surface area contributed by atoms with E-state index in [4.69, 9.17) is 42.4 Å². The van der Waals surface area contributed by atoms with E-state index in [1.165, 1.54) is 18.9 Å². The fourth-order valence-corrected chi connectivity index (χ4v) is 5.84. The summed E-state index contributed by atoms with van der Waals surface area (Å²) in [7, 11) is 3.13. The highest BCUT2D eigenvalue weighted by Gasteiger charge is 2.28. The van der Waals surface area contributed by atoms with Crippen LogP contribution in [0.3, 0.4) is 0 Å². The summed E-state index contributed by atoms with van der Waals surface area (Å²) in [5.74, 6) is 3.09. The van der Waals surface area contributed by atoms with Crippen LogP contribution in [0.1, 0.15) is 36.8 Å². The van der Waals surface area contributed by atoms with Gasteiger partial charge in [0.2, 0.25) is 11.9 Å². The Morgan fingerprint density at radius 1 is 1.15 bits per heavy atom. The van der Waals surface area contributed by atoms with Crippen molar-refractivity contribution in [2.75, 3.05) is 63.8 Å². The number of ether oxygens (including phenoxy) is 3. The third-order valence-corrected chi connectivity index (χ3v) is 8.32. The molecular formula is C29H35Cl2N5O4. The number of piperidine rings is 1. The number of nitrogens with one attached hydrogen (secondary N) is 1. The van der Waals surface area contributed by atoms with Crippen molar-refractivity contribution >= 4 is 52.5 Å². The number of amides is 1. The first-order chi connectivity index (χ1) is 19.4. The second kappa shape index (κ2) is 12.7. The number of carbonyl (C=O) groups excluding carboxylic acids is 1. The molecule has 1 N–H and O–H groups in total. The van der Waals surface area contributed by atoms with Gasteiger partial charge in [-0.25, -0.2) is 4.98 Å². The Labute approximate surface area is 245 Å². The summed E-state index contributed by atoms with van der Waals surface area (Å²) in [4.78, 5) is 25.3. The summed E-state index contributed by atoms with van der Waals surface area (Å²) in [6, 6.07) is 1.69. The molecule has 3 aliphatic rings. The lowest BCUT2D eigenvalue weighted by atomic mass is 9.98. The van der Waals surface area contributed by atoms with Crippen LogP contribution in [0, 0.1) is 5.92 Å². The predicted molar refractivity (Wildman–Crippen MR) is 159 cm³/mol. The van der Waals surface area contributed by atoms with E-state index in [0.29, 0.717) is 71.8 Å². The Morgan fingerprint density at radius 3 is 2.48 bits per heavy atom. The molecule has 2 aromatic rings. The van der Waals surface area contributed by atoms with E-state index in [-0.39, 0.29) is 12.0 Å². The monoisotopic (exact) mass is 587 g/mol. The number of carbonyl (C=O) groups is 1. The van der Waals surface area contributed by atoms with E-state index in [0.717, 1.165) is 36.3 Å². The van der Waals surface area contributed by atoms with E-state index >= 15 is 0 Å². The number of anilines is 2. The Hall–Kier alpha value is -3.01. The number of halogens is 2. The van der Waals surface area contributed by atoms with Gasteiger partial charge in [0.15, 0.2) is 0 Å². The first kappa shape index (κ1) is 28.5. The molecule has 11 heteroatoms. The number of hydrogen-bond donors (Lipinski definition) is 1. The molecule has 214 valence electrons. The van der Waals surface area contributed by atoms with Gasteiger partial charge < -0.3 is 29.3 Å². The first-order valence-corrected chi connectivity index (χ1v) is 14.4. The maximum Gasteiger partial charge on any atom is 0.245 e. The van der Waals surface area contributed by atoms with E-state index in [1.54, 1.807) is 20.3 Å². The van der Waals surface area contributed by atoms with E-state index in [1.807, 2.05) is 17.2 Å². The molecule has 1 aromatic heterocycles. The average molecular weight is 589 g/mol. The first-order valence-electron chi connectivity index (χ1n) is 13.6. The SMILES string of the molecule is C=CC(=O)N1CCC(OCCN2CC(c3c(Cl)c(OC)cc(OC)c3Cl)=Cc3cnc(NCC4CC4)nc32)CC1. The molecule has 9 nitrogen and oxygen atoms in total. The predicted octanol–water partition coefficient (Wildman–Crippen LogP) is 5.18. The minimum absolute atomic E-state index is 0.0278. The summed E-state index contributed by atoms with van der Waals surface area (Å²) in [5, 5.41) is 4.22. The van der Waals surface area contributed by atoms with Crippen LogP contribution in [-0.4, -0.2) is 80.4 Å². The van der Waals surface area contributed by atoms with Crippen LogP contribution in [0.4, 0.5) is 11.8 Å². The van der Waals surface area contributed by atoms with Gasteiger partial charge >= 0.3 is 0 Å². The average Bonchev–Trinajstić information content (AvgIpc) is 3.81. The Balaban J connectivity index is 1.37. The molecule has 3 heterocycles. The Kier molecular flexibility index (Phi) is 9.03. The fourth-order valence-electron chi connectivity index (χ4n) is 5.10. The quantitative estimate of drug-likeness (QED) is 0.360. The van der Waals surface area contributed by atoms with E-state index < -0.39 is 0 Å². The van der Waals surface area contributed by atoms with Crippen molar-refractivity contribution in [1.82, 2.24) is 14.9 Å². The van der Waals surface area contributed by atoms with Crippen LogP contribution >= 0.6 is 23.2 Å². The molecule has 2 aliphatic heterocycles. The zero-order valence-corrected chi connectivity index (χ0v) is 24.4. The van der Waals surface area contributed by atoms with Crippen molar-refractivity contribution in [1.29, 1.82) is 0 Å². The number of benzene rings is 1. The van der Waals surface area contributed by atoms with E-state index in [2.05, 4.69) is 21.8 Å². The zero-order chi connectivity index (χ0) is 28.2. The van der Waals surface area contributed by atoms with Gasteiger partial charge in [0.1, 0.15) is 17.3 Å². The molecule has 0 radical (unpaired) electrons. The largest absolute Gasteiger partial charge is 0.495 e. The van der Waals surface area contributed by atoms with Crippen LogP contribution in [-0.2, 0) is 9.53 Å². The summed E-state index contributed by atoms with van der Waals surface area (Å²) >= 11 is 13.6. The minimum Gasteiger partial charge on any atom is -0.495 e. The lowest BCUT2D eigenvalue weighted by Gasteiger charge is -2.33. The number of rotatable bonds is 11. The minimum atomic E-state index is -0.0278. The van der Waals surface area contributed by atoms with Crippen molar-refractivity contribution in [2.45, 2.75) is 31.8 Å². The molecule has 1 amide bonds. The lowest BCUT2D eigenvalue weighted by molar-refractivity contribution is -0.128. The van der Waals surface area contributed by atoms with Crippen LogP contribution in [0.15, 0.2) is 24.9 Å². The third-order valence-electron chi connectivity index (χ3n) is 7.57. The van der Waals surface area contributed by atoms with Crippen molar-refractivity contribution in [2.24, 2.45) is 5.92 Å². The molecule has 1 aliphatic carbocycles. The van der Waals surface area contributed by atoms with Crippen LogP contribution in [0.5, 0.6) is 11.5 Å². The van der Waals surface area contributed by atoms with E-state index in [9.17, 15) is 4.79 Å². The van der Waals surface area contributed by atoms with Crippen molar-refractivity contribution < 1.29 is 19.0 Å². The van der Waals surface area contributed by atoms with Gasteiger partial charge in [0, 0.05) is 56.1 Å². The number of hydrogen-bond acceptors (Lipinski definition) is 8. The van der Waals surface area contributed by atoms with Gasteiger partial charge in [-0.3, -0.25) is 4.79 Å². The summed E-state index contributed by atoms with van der Waals surface area (Å²) in [6.07, 6.45) is 9.42. The maximum absolute atomic E-state index is 11.9. The molecule has 2 fully saturated rings. The van der Waals surface area contributed by atoms with Crippen LogP contribution in [0.2, 0.25) is 10.0 Å². The smallest absolute Gasteiger partial charge is 0.245 e. The van der Waals surface area contributed by atoms with Crippen molar-refractivity contribution in [3.63, 3.8) is 0 Å². The summed E-state index contributed by atoms with van der Waals surface area (Å²) in [6.45, 7) is 7.43. The second-order valence-corrected chi connectivity index (χ2v) is 11.0. The zero-order valence-electron chi connectivity index (χ0n) is 22.9. The van der Waals surface area contributed by atoms with Crippen LogP contribution < -0.4 is 19.7 Å². The third kappa shape index (κ3) is 6.32. The molecular weight excluding hydrogens is 553 g/mol. The number of aromatic nitrogens is 2. The molecule has 0 unspecified atom stereocenters. The lowest BCUT2D eigenvalue weighted by Crippen LogP contribution is -2.41. The standard InChI is InChI=1S/C29H35Cl2N5O4/c1-4-24(37)35-9-7-21(8-10-35)40-12-11-36-17-20(25-26(30)22(38-2)14-23(39-3)27(25)31)13-19-16-33-29(34-28(19)36)32-15-18-5-6-18/h4,13-14,16,18,21H,1,5-12,15,17H2,2-3H3,(H,32,33,34). The maximum atomic E-state index is 11.9. The Bertz CT molecular complexity index is 1260. The molecule has 1 saturated heterocycles. The van der Waals surface area contributed by atoms with Gasteiger partial charge in [-0.05, 0) is 49.3 Å². The van der Waals surface area contributed by atoms with Gasteiger partial charge in [-0.1, -0.05) is 29.8 Å². The number of fused-ring (bicyclic) bond motifs is 1. The van der Waals surface area contributed by atoms with Gasteiger partial charge in [-0.15, -0.1) is 0 Å². The molecule has 1 saturated carbocycles. The number of nitrogens with zero attached hydrogens (tertiary/aromatic N) is 4. The number of methoxy groups -OCH3 is 2. The van der Waals surface area contributed by atoms with Gasteiger partial charge in [-0.2, -0.15) is 4.98 Å². The fraction of sp³-hybridized carbons (Fsp3) is 0.483. The topological polar surface area (TPSA) is 89.1 Å². The highest BCUT2D eigenvalue weighted by Crippen LogP contribution is 2.46. The molecule has 0 atom stereocenters. The highest BCUT2D eigenvalue weighted by atomic mass is 35.5. The number of likely N-dealkylation sites (tertiary alicyclic amines) is 1. The van der Waals surface area contributed by atoms with Crippen molar-refractivity contribution in [3.05, 3.63) is 46.1 Å². The van der Waals surface area contributed by atoms with Crippen molar-refractivity contribution in [3.8, 4) is 11.5 Å².